The summed E-state index contributed by atoms with van der Waals surface area (Å²) in [7, 11) is 1.39. The number of rotatable bonds is 8. The number of hydrogen-bond donors (Lipinski definition) is 1. The number of esters is 1. The van der Waals surface area contributed by atoms with Gasteiger partial charge in [0, 0.05) is 18.4 Å². The molecule has 1 N–H and O–H groups in total. The number of ether oxygens (including phenoxy) is 1. The normalized spacial score (nSPS) is 12.2. The van der Waals surface area contributed by atoms with Gasteiger partial charge in [0.05, 0.1) is 19.6 Å². The van der Waals surface area contributed by atoms with Gasteiger partial charge in [0.1, 0.15) is 11.3 Å². The third kappa shape index (κ3) is 4.68. The fourth-order valence-corrected chi connectivity index (χ4v) is 2.65. The average Bonchev–Trinajstić information content (AvgIpc) is 3.07. The van der Waals surface area contributed by atoms with Crippen molar-refractivity contribution < 1.29 is 18.8 Å². The molecule has 0 aliphatic rings. The molecule has 1 atom stereocenters. The Bertz CT molecular complexity index is 780. The number of hydrogen-bond acceptors (Lipinski definition) is 5. The van der Waals surface area contributed by atoms with Crippen LogP contribution in [0.1, 0.15) is 11.3 Å². The summed E-state index contributed by atoms with van der Waals surface area (Å²) in [5, 5.41) is 1.02. The SMILES string of the molecule is COC(=O)C(CNOCc1ccccc1)Cc1cc2ccccc2o1. The van der Waals surface area contributed by atoms with Crippen LogP contribution in [0.3, 0.4) is 0 Å². The van der Waals surface area contributed by atoms with Crippen molar-refractivity contribution in [3.8, 4) is 0 Å². The Labute approximate surface area is 146 Å². The van der Waals surface area contributed by atoms with E-state index in [1.54, 1.807) is 0 Å². The van der Waals surface area contributed by atoms with Crippen molar-refractivity contribution in [2.24, 2.45) is 5.92 Å². The van der Waals surface area contributed by atoms with Crippen LogP contribution in [-0.2, 0) is 27.4 Å². The molecule has 0 saturated carbocycles. The first-order valence-corrected chi connectivity index (χ1v) is 8.20. The third-order valence-corrected chi connectivity index (χ3v) is 3.97. The maximum atomic E-state index is 12.0. The summed E-state index contributed by atoms with van der Waals surface area (Å²) in [4.78, 5) is 17.5. The second-order valence-electron chi connectivity index (χ2n) is 5.80. The maximum absolute atomic E-state index is 12.0. The van der Waals surface area contributed by atoms with Gasteiger partial charge in [-0.3, -0.25) is 9.63 Å². The zero-order valence-corrected chi connectivity index (χ0v) is 14.1. The van der Waals surface area contributed by atoms with Crippen molar-refractivity contribution in [3.63, 3.8) is 0 Å². The van der Waals surface area contributed by atoms with Gasteiger partial charge in [-0.25, -0.2) is 5.48 Å². The number of nitrogens with one attached hydrogen (secondary N) is 1. The summed E-state index contributed by atoms with van der Waals surface area (Å²) < 4.78 is 10.7. The van der Waals surface area contributed by atoms with Crippen LogP contribution in [0.5, 0.6) is 0 Å². The van der Waals surface area contributed by atoms with Crippen LogP contribution >= 0.6 is 0 Å². The van der Waals surface area contributed by atoms with Crippen molar-refractivity contribution in [1.29, 1.82) is 0 Å². The van der Waals surface area contributed by atoms with Gasteiger partial charge in [0.25, 0.3) is 0 Å². The summed E-state index contributed by atoms with van der Waals surface area (Å²) in [5.74, 6) is 0.0686. The summed E-state index contributed by atoms with van der Waals surface area (Å²) in [5.41, 5.74) is 4.73. The Morgan fingerprint density at radius 2 is 1.88 bits per heavy atom. The molecule has 1 heterocycles. The van der Waals surface area contributed by atoms with Crippen molar-refractivity contribution in [3.05, 3.63) is 72.0 Å². The summed E-state index contributed by atoms with van der Waals surface area (Å²) in [6, 6.07) is 19.6. The van der Waals surface area contributed by atoms with E-state index >= 15 is 0 Å². The molecule has 2 aromatic carbocycles. The van der Waals surface area contributed by atoms with Crippen LogP contribution < -0.4 is 5.48 Å². The largest absolute Gasteiger partial charge is 0.469 e. The second kappa shape index (κ2) is 8.46. The van der Waals surface area contributed by atoms with Gasteiger partial charge in [-0.2, -0.15) is 0 Å². The quantitative estimate of drug-likeness (QED) is 0.387. The number of fused-ring (bicyclic) bond motifs is 1. The van der Waals surface area contributed by atoms with Gasteiger partial charge in [-0.1, -0.05) is 48.5 Å². The van der Waals surface area contributed by atoms with Crippen LogP contribution in [-0.4, -0.2) is 19.6 Å². The van der Waals surface area contributed by atoms with E-state index < -0.39 is 0 Å². The van der Waals surface area contributed by atoms with Crippen LogP contribution in [0.15, 0.2) is 65.1 Å². The Morgan fingerprint density at radius 1 is 1.12 bits per heavy atom. The molecule has 0 radical (unpaired) electrons. The fraction of sp³-hybridized carbons (Fsp3) is 0.250. The predicted octanol–water partition coefficient (Wildman–Crippen LogP) is 3.49. The van der Waals surface area contributed by atoms with Crippen molar-refractivity contribution in [1.82, 2.24) is 5.48 Å². The van der Waals surface area contributed by atoms with E-state index in [-0.39, 0.29) is 11.9 Å². The molecule has 0 spiro atoms. The first kappa shape index (κ1) is 17.2. The molecule has 25 heavy (non-hydrogen) atoms. The zero-order valence-electron chi connectivity index (χ0n) is 14.1. The molecule has 0 bridgehead atoms. The minimum absolute atomic E-state index is 0.295. The molecule has 5 nitrogen and oxygen atoms in total. The fourth-order valence-electron chi connectivity index (χ4n) is 2.65. The lowest BCUT2D eigenvalue weighted by Gasteiger charge is -2.14. The maximum Gasteiger partial charge on any atom is 0.310 e. The summed E-state index contributed by atoms with van der Waals surface area (Å²) in [6.07, 6.45) is 0.447. The molecule has 0 saturated heterocycles. The Morgan fingerprint density at radius 3 is 2.64 bits per heavy atom. The molecule has 1 aromatic heterocycles. The van der Waals surface area contributed by atoms with Crippen molar-refractivity contribution in [2.75, 3.05) is 13.7 Å². The monoisotopic (exact) mass is 339 g/mol. The first-order valence-electron chi connectivity index (χ1n) is 8.20. The number of furan rings is 1. The molecule has 0 amide bonds. The van der Waals surface area contributed by atoms with Crippen LogP contribution in [0.2, 0.25) is 0 Å². The molecule has 0 aliphatic heterocycles. The Balaban J connectivity index is 1.56. The van der Waals surface area contributed by atoms with E-state index in [1.165, 1.54) is 7.11 Å². The number of carbonyl (C=O) groups excluding carboxylic acids is 1. The van der Waals surface area contributed by atoms with Gasteiger partial charge in [0.2, 0.25) is 0 Å². The van der Waals surface area contributed by atoms with Crippen LogP contribution in [0.4, 0.5) is 0 Å². The third-order valence-electron chi connectivity index (χ3n) is 3.97. The molecule has 0 fully saturated rings. The minimum Gasteiger partial charge on any atom is -0.469 e. The van der Waals surface area contributed by atoms with E-state index in [0.717, 1.165) is 22.3 Å². The lowest BCUT2D eigenvalue weighted by molar-refractivity contribution is -0.146. The predicted molar refractivity (Wildman–Crippen MR) is 94.7 cm³/mol. The number of methoxy groups -OCH3 is 1. The minimum atomic E-state index is -0.388. The Kier molecular flexibility index (Phi) is 5.82. The van der Waals surface area contributed by atoms with E-state index in [1.807, 2.05) is 60.7 Å². The zero-order chi connectivity index (χ0) is 17.5. The highest BCUT2D eigenvalue weighted by atomic mass is 16.6. The first-order chi connectivity index (χ1) is 12.3. The molecule has 5 heteroatoms. The number of hydroxylamine groups is 1. The summed E-state index contributed by atoms with van der Waals surface area (Å²) >= 11 is 0. The van der Waals surface area contributed by atoms with E-state index in [9.17, 15) is 4.79 Å². The van der Waals surface area contributed by atoms with Crippen molar-refractivity contribution in [2.45, 2.75) is 13.0 Å². The second-order valence-corrected chi connectivity index (χ2v) is 5.80. The van der Waals surface area contributed by atoms with Gasteiger partial charge in [-0.05, 0) is 17.7 Å². The van der Waals surface area contributed by atoms with Crippen LogP contribution in [0.25, 0.3) is 11.0 Å². The lowest BCUT2D eigenvalue weighted by atomic mass is 10.0. The molecule has 1 unspecified atom stereocenters. The smallest absolute Gasteiger partial charge is 0.310 e. The van der Waals surface area contributed by atoms with E-state index in [2.05, 4.69) is 5.48 Å². The molecular formula is C20H21NO4. The number of carbonyl (C=O) groups is 1. The number of benzene rings is 2. The lowest BCUT2D eigenvalue weighted by Crippen LogP contribution is -2.31. The molecule has 130 valence electrons. The highest BCUT2D eigenvalue weighted by Crippen LogP contribution is 2.21. The molecule has 0 aliphatic carbocycles. The van der Waals surface area contributed by atoms with Gasteiger partial charge >= 0.3 is 5.97 Å². The van der Waals surface area contributed by atoms with E-state index in [0.29, 0.717) is 19.6 Å². The summed E-state index contributed by atoms with van der Waals surface area (Å²) in [6.45, 7) is 0.774. The topological polar surface area (TPSA) is 60.7 Å². The van der Waals surface area contributed by atoms with Gasteiger partial charge in [0.15, 0.2) is 0 Å². The standard InChI is InChI=1S/C20H21NO4/c1-23-20(22)17(13-21-24-14-15-7-3-2-4-8-15)12-18-11-16-9-5-6-10-19(16)25-18/h2-11,17,21H,12-14H2,1H3. The number of para-hydroxylation sites is 1. The van der Waals surface area contributed by atoms with Gasteiger partial charge < -0.3 is 9.15 Å². The van der Waals surface area contributed by atoms with Crippen molar-refractivity contribution >= 4 is 16.9 Å². The highest BCUT2D eigenvalue weighted by molar-refractivity contribution is 5.78. The van der Waals surface area contributed by atoms with E-state index in [4.69, 9.17) is 14.0 Å². The molecule has 3 rings (SSSR count). The molecule has 3 aromatic rings. The Hall–Kier alpha value is -2.63. The highest BCUT2D eigenvalue weighted by Gasteiger charge is 2.21. The van der Waals surface area contributed by atoms with Gasteiger partial charge in [-0.15, -0.1) is 0 Å². The average molecular weight is 339 g/mol. The van der Waals surface area contributed by atoms with Crippen LogP contribution in [0, 0.1) is 5.92 Å². The molecular weight excluding hydrogens is 318 g/mol.